The lowest BCUT2D eigenvalue weighted by Gasteiger charge is -2.13. The second kappa shape index (κ2) is 5.66. The van der Waals surface area contributed by atoms with E-state index in [4.69, 9.17) is 0 Å². The highest BCUT2D eigenvalue weighted by atomic mass is 16.4. The number of pyridine rings is 1. The number of carboxylic acids is 1. The Morgan fingerprint density at radius 1 is 1.28 bits per heavy atom. The van der Waals surface area contributed by atoms with Crippen LogP contribution in [0.5, 0.6) is 0 Å². The summed E-state index contributed by atoms with van der Waals surface area (Å²) in [6.45, 7) is 1.97. The van der Waals surface area contributed by atoms with E-state index in [0.29, 0.717) is 12.8 Å². The number of hydrogen-bond donors (Lipinski definition) is 1. The Hall–Kier alpha value is -3.29. The highest BCUT2D eigenvalue weighted by molar-refractivity contribution is 5.75. The average Bonchev–Trinajstić information content (AvgIpc) is 3.24. The number of hydrogen-bond acceptors (Lipinski definition) is 5. The van der Waals surface area contributed by atoms with Gasteiger partial charge in [-0.15, -0.1) is 5.10 Å². The molecule has 4 rings (SSSR count). The van der Waals surface area contributed by atoms with Crippen LogP contribution in [-0.4, -0.2) is 35.9 Å². The number of benzene rings is 1. The first-order valence-corrected chi connectivity index (χ1v) is 7.87. The van der Waals surface area contributed by atoms with E-state index in [0.717, 1.165) is 28.1 Å². The summed E-state index contributed by atoms with van der Waals surface area (Å²) in [6.07, 6.45) is 2.49. The molecule has 0 fully saturated rings. The van der Waals surface area contributed by atoms with Gasteiger partial charge in [-0.05, 0) is 54.0 Å². The lowest BCUT2D eigenvalue weighted by molar-refractivity contribution is -0.140. The van der Waals surface area contributed by atoms with Crippen molar-refractivity contribution in [3.8, 4) is 16.8 Å². The van der Waals surface area contributed by atoms with Crippen molar-refractivity contribution in [2.75, 3.05) is 0 Å². The van der Waals surface area contributed by atoms with Crippen LogP contribution in [0.3, 0.4) is 0 Å². The standard InChI is InChI=1S/C17H15N5O3/c1-10-2-4-14(21-9-18-19-20-21)13(6-10)11-7-12-3-5-15(17(24)25)22(12)16(23)8-11/h2,4,6-9,15H,3,5H2,1H3,(H,24,25)/t15-/m0/s1. The van der Waals surface area contributed by atoms with Gasteiger partial charge in [0, 0.05) is 17.3 Å². The maximum atomic E-state index is 12.6. The van der Waals surface area contributed by atoms with Crippen molar-refractivity contribution in [3.63, 3.8) is 0 Å². The third-order valence-electron chi connectivity index (χ3n) is 4.48. The molecule has 1 aliphatic rings. The minimum Gasteiger partial charge on any atom is -0.480 e. The first-order valence-electron chi connectivity index (χ1n) is 7.87. The number of rotatable bonds is 3. The highest BCUT2D eigenvalue weighted by Gasteiger charge is 2.29. The summed E-state index contributed by atoms with van der Waals surface area (Å²) in [4.78, 5) is 23.9. The molecule has 25 heavy (non-hydrogen) atoms. The molecule has 1 aromatic carbocycles. The fourth-order valence-electron chi connectivity index (χ4n) is 3.34. The van der Waals surface area contributed by atoms with Crippen LogP contribution in [0.1, 0.15) is 23.7 Å². The molecule has 1 aliphatic heterocycles. The number of fused-ring (bicyclic) bond motifs is 1. The molecule has 0 radical (unpaired) electrons. The van der Waals surface area contributed by atoms with Crippen LogP contribution in [0.15, 0.2) is 41.5 Å². The molecule has 0 bridgehead atoms. The molecule has 0 unspecified atom stereocenters. The van der Waals surface area contributed by atoms with Gasteiger partial charge in [-0.3, -0.25) is 9.36 Å². The van der Waals surface area contributed by atoms with Gasteiger partial charge in [-0.2, -0.15) is 4.68 Å². The van der Waals surface area contributed by atoms with Crippen molar-refractivity contribution in [1.29, 1.82) is 0 Å². The lowest BCUT2D eigenvalue weighted by atomic mass is 10.0. The number of aliphatic carboxylic acids is 1. The van der Waals surface area contributed by atoms with Gasteiger partial charge in [0.2, 0.25) is 0 Å². The maximum Gasteiger partial charge on any atom is 0.326 e. The zero-order chi connectivity index (χ0) is 17.6. The van der Waals surface area contributed by atoms with E-state index in [1.165, 1.54) is 17.0 Å². The molecule has 0 amide bonds. The third kappa shape index (κ3) is 2.51. The molecule has 2 aromatic heterocycles. The second-order valence-corrected chi connectivity index (χ2v) is 6.11. The van der Waals surface area contributed by atoms with Crippen LogP contribution in [0.4, 0.5) is 0 Å². The smallest absolute Gasteiger partial charge is 0.326 e. The van der Waals surface area contributed by atoms with Gasteiger partial charge in [0.25, 0.3) is 5.56 Å². The number of tetrazole rings is 1. The number of aryl methyl sites for hydroxylation is 2. The van der Waals surface area contributed by atoms with Gasteiger partial charge in [0.05, 0.1) is 5.69 Å². The number of carbonyl (C=O) groups is 1. The Bertz CT molecular complexity index is 1020. The van der Waals surface area contributed by atoms with Crippen LogP contribution in [0.25, 0.3) is 16.8 Å². The van der Waals surface area contributed by atoms with Crippen LogP contribution in [-0.2, 0) is 11.2 Å². The first kappa shape index (κ1) is 15.3. The van der Waals surface area contributed by atoms with E-state index in [-0.39, 0.29) is 5.56 Å². The summed E-state index contributed by atoms with van der Waals surface area (Å²) in [5.74, 6) is -0.974. The van der Waals surface area contributed by atoms with Gasteiger partial charge in [-0.25, -0.2) is 4.79 Å². The van der Waals surface area contributed by atoms with Gasteiger partial charge in [0.15, 0.2) is 0 Å². The van der Waals surface area contributed by atoms with Crippen molar-refractivity contribution in [3.05, 3.63) is 58.3 Å². The second-order valence-electron chi connectivity index (χ2n) is 6.11. The predicted octanol–water partition coefficient (Wildman–Crippen LogP) is 1.37. The third-order valence-corrected chi connectivity index (χ3v) is 4.48. The molecule has 8 nitrogen and oxygen atoms in total. The maximum absolute atomic E-state index is 12.6. The molecule has 3 heterocycles. The Kier molecular flexibility index (Phi) is 3.45. The number of nitrogens with zero attached hydrogens (tertiary/aromatic N) is 5. The molecule has 3 aromatic rings. The Morgan fingerprint density at radius 3 is 2.84 bits per heavy atom. The number of aromatic nitrogens is 5. The molecule has 126 valence electrons. The fourth-order valence-corrected chi connectivity index (χ4v) is 3.34. The summed E-state index contributed by atoms with van der Waals surface area (Å²) in [6, 6.07) is 8.38. The zero-order valence-corrected chi connectivity index (χ0v) is 13.5. The first-order chi connectivity index (χ1) is 12.0. The zero-order valence-electron chi connectivity index (χ0n) is 13.5. The van der Waals surface area contributed by atoms with Crippen LogP contribution >= 0.6 is 0 Å². The van der Waals surface area contributed by atoms with Crippen molar-refractivity contribution in [2.24, 2.45) is 0 Å². The minimum atomic E-state index is -0.974. The van der Waals surface area contributed by atoms with Crippen LogP contribution < -0.4 is 5.56 Å². The predicted molar refractivity (Wildman–Crippen MR) is 88.6 cm³/mol. The SMILES string of the molecule is Cc1ccc(-n2cnnn2)c(-c2cc3n(c(=O)c2)[C@H](C(=O)O)CC3)c1. The summed E-state index contributed by atoms with van der Waals surface area (Å²) in [5.41, 5.74) is 3.78. The molecule has 1 atom stereocenters. The van der Waals surface area contributed by atoms with E-state index in [9.17, 15) is 14.7 Å². The summed E-state index contributed by atoms with van der Waals surface area (Å²) < 4.78 is 2.91. The van der Waals surface area contributed by atoms with E-state index in [2.05, 4.69) is 15.5 Å². The van der Waals surface area contributed by atoms with Crippen molar-refractivity contribution in [2.45, 2.75) is 25.8 Å². The van der Waals surface area contributed by atoms with Gasteiger partial charge in [0.1, 0.15) is 12.4 Å². The average molecular weight is 337 g/mol. The fraction of sp³-hybridized carbons (Fsp3) is 0.235. The van der Waals surface area contributed by atoms with E-state index in [1.807, 2.05) is 31.2 Å². The quantitative estimate of drug-likeness (QED) is 0.774. The van der Waals surface area contributed by atoms with E-state index in [1.54, 1.807) is 4.68 Å². The van der Waals surface area contributed by atoms with E-state index < -0.39 is 12.0 Å². The van der Waals surface area contributed by atoms with Crippen LogP contribution in [0, 0.1) is 6.92 Å². The van der Waals surface area contributed by atoms with Crippen molar-refractivity contribution < 1.29 is 9.90 Å². The Labute approximate surface area is 142 Å². The normalized spacial score (nSPS) is 16.0. The monoisotopic (exact) mass is 337 g/mol. The van der Waals surface area contributed by atoms with Gasteiger partial charge >= 0.3 is 5.97 Å². The highest BCUT2D eigenvalue weighted by Crippen LogP contribution is 2.31. The minimum absolute atomic E-state index is 0.304. The molecular formula is C17H15N5O3. The number of carboxylic acid groups (broad SMARTS) is 1. The Morgan fingerprint density at radius 2 is 2.12 bits per heavy atom. The van der Waals surface area contributed by atoms with Gasteiger partial charge in [-0.1, -0.05) is 11.6 Å². The summed E-state index contributed by atoms with van der Waals surface area (Å²) in [7, 11) is 0. The molecule has 0 saturated carbocycles. The summed E-state index contributed by atoms with van der Waals surface area (Å²) in [5, 5.41) is 20.5. The summed E-state index contributed by atoms with van der Waals surface area (Å²) >= 11 is 0. The molecule has 1 N–H and O–H groups in total. The van der Waals surface area contributed by atoms with E-state index >= 15 is 0 Å². The molecule has 0 aliphatic carbocycles. The molecule has 8 heteroatoms. The topological polar surface area (TPSA) is 103 Å². The molecule has 0 spiro atoms. The van der Waals surface area contributed by atoms with Gasteiger partial charge < -0.3 is 5.11 Å². The van der Waals surface area contributed by atoms with Crippen molar-refractivity contribution >= 4 is 5.97 Å². The largest absolute Gasteiger partial charge is 0.480 e. The van der Waals surface area contributed by atoms with Crippen molar-refractivity contribution in [1.82, 2.24) is 24.8 Å². The van der Waals surface area contributed by atoms with Crippen LogP contribution in [0.2, 0.25) is 0 Å². The molecular weight excluding hydrogens is 322 g/mol. The Balaban J connectivity index is 1.90. The lowest BCUT2D eigenvalue weighted by Crippen LogP contribution is -2.27. The molecule has 0 saturated heterocycles.